The molecule has 0 aliphatic carbocycles. The second kappa shape index (κ2) is 7.92. The monoisotopic (exact) mass is 371 g/mol. The highest BCUT2D eigenvalue weighted by molar-refractivity contribution is 7.16. The molecule has 0 saturated heterocycles. The Morgan fingerprint density at radius 1 is 1.08 bits per heavy atom. The minimum atomic E-state index is -0.251. The average molecular weight is 372 g/mol. The summed E-state index contributed by atoms with van der Waals surface area (Å²) in [5, 5.41) is 12.5. The fraction of sp³-hybridized carbons (Fsp3) is 0.0556. The van der Waals surface area contributed by atoms with Gasteiger partial charge in [0, 0.05) is 10.6 Å². The number of halogens is 1. The molecule has 1 N–H and O–H groups in total. The molecule has 1 aromatic heterocycles. The van der Waals surface area contributed by atoms with Gasteiger partial charge >= 0.3 is 0 Å². The minimum Gasteiger partial charge on any atom is -0.497 e. The Labute approximate surface area is 153 Å². The van der Waals surface area contributed by atoms with Crippen LogP contribution in [0.25, 0.3) is 12.2 Å². The molecule has 1 amide bonds. The van der Waals surface area contributed by atoms with E-state index in [1.54, 1.807) is 31.4 Å². The first-order valence-corrected chi connectivity index (χ1v) is 8.56. The van der Waals surface area contributed by atoms with Crippen LogP contribution >= 0.6 is 22.9 Å². The van der Waals surface area contributed by atoms with Gasteiger partial charge in [-0.3, -0.25) is 10.1 Å². The van der Waals surface area contributed by atoms with Crippen LogP contribution in [0.3, 0.4) is 0 Å². The molecule has 0 aliphatic heterocycles. The molecule has 0 saturated carbocycles. The predicted octanol–water partition coefficient (Wildman–Crippen LogP) is 4.62. The quantitative estimate of drug-likeness (QED) is 0.710. The lowest BCUT2D eigenvalue weighted by Gasteiger charge is -2.00. The molecule has 3 aromatic rings. The Morgan fingerprint density at radius 3 is 2.48 bits per heavy atom. The van der Waals surface area contributed by atoms with E-state index >= 15 is 0 Å². The fourth-order valence-electron chi connectivity index (χ4n) is 2.01. The Kier molecular flexibility index (Phi) is 5.42. The van der Waals surface area contributed by atoms with Crippen LogP contribution < -0.4 is 10.1 Å². The van der Waals surface area contributed by atoms with Crippen LogP contribution in [0.1, 0.15) is 20.9 Å². The van der Waals surface area contributed by atoms with E-state index in [2.05, 4.69) is 15.5 Å². The molecule has 0 unspecified atom stereocenters. The molecule has 2 aromatic carbocycles. The Bertz CT molecular complexity index is 889. The van der Waals surface area contributed by atoms with Crippen LogP contribution in [0.4, 0.5) is 5.13 Å². The fourth-order valence-corrected chi connectivity index (χ4v) is 2.77. The Morgan fingerprint density at radius 2 is 1.80 bits per heavy atom. The second-order valence-corrected chi connectivity index (χ2v) is 6.46. The summed E-state index contributed by atoms with van der Waals surface area (Å²) < 4.78 is 5.12. The third-order valence-electron chi connectivity index (χ3n) is 3.30. The highest BCUT2D eigenvalue weighted by atomic mass is 35.5. The predicted molar refractivity (Wildman–Crippen MR) is 101 cm³/mol. The van der Waals surface area contributed by atoms with Crippen molar-refractivity contribution in [3.8, 4) is 5.75 Å². The number of rotatable bonds is 5. The van der Waals surface area contributed by atoms with E-state index in [4.69, 9.17) is 16.3 Å². The average Bonchev–Trinajstić information content (AvgIpc) is 3.08. The van der Waals surface area contributed by atoms with Crippen molar-refractivity contribution in [2.75, 3.05) is 12.4 Å². The standard InChI is InChI=1S/C18H14ClN3O2S/c1-24-15-9-2-12(3-10-15)4-11-16-21-22-18(25-16)20-17(23)13-5-7-14(19)8-6-13/h2-11H,1H3,(H,20,22,23). The molecule has 0 radical (unpaired) electrons. The molecule has 0 atom stereocenters. The normalized spacial score (nSPS) is 10.8. The van der Waals surface area contributed by atoms with Gasteiger partial charge in [0.15, 0.2) is 0 Å². The molecule has 126 valence electrons. The molecule has 1 heterocycles. The van der Waals surface area contributed by atoms with Crippen molar-refractivity contribution in [1.29, 1.82) is 0 Å². The lowest BCUT2D eigenvalue weighted by Crippen LogP contribution is -2.11. The molecule has 0 spiro atoms. The number of hydrogen-bond donors (Lipinski definition) is 1. The molecule has 0 fully saturated rings. The van der Waals surface area contributed by atoms with Gasteiger partial charge in [-0.15, -0.1) is 10.2 Å². The van der Waals surface area contributed by atoms with Crippen LogP contribution in [0.2, 0.25) is 5.02 Å². The first kappa shape index (κ1) is 17.1. The van der Waals surface area contributed by atoms with Gasteiger partial charge in [0.25, 0.3) is 5.91 Å². The lowest BCUT2D eigenvalue weighted by atomic mass is 10.2. The summed E-state index contributed by atoms with van der Waals surface area (Å²) in [6.07, 6.45) is 3.77. The maximum Gasteiger partial charge on any atom is 0.257 e. The number of hydrogen-bond acceptors (Lipinski definition) is 5. The van der Waals surface area contributed by atoms with Crippen molar-refractivity contribution < 1.29 is 9.53 Å². The Balaban J connectivity index is 1.64. The summed E-state index contributed by atoms with van der Waals surface area (Å²) in [4.78, 5) is 12.1. The summed E-state index contributed by atoms with van der Waals surface area (Å²) in [6, 6.07) is 14.3. The van der Waals surface area contributed by atoms with Gasteiger partial charge in [-0.2, -0.15) is 0 Å². The smallest absolute Gasteiger partial charge is 0.257 e. The van der Waals surface area contributed by atoms with Crippen LogP contribution in [-0.2, 0) is 0 Å². The number of methoxy groups -OCH3 is 1. The summed E-state index contributed by atoms with van der Waals surface area (Å²) in [6.45, 7) is 0. The van der Waals surface area contributed by atoms with E-state index in [0.29, 0.717) is 20.7 Å². The van der Waals surface area contributed by atoms with Crippen LogP contribution in [0.5, 0.6) is 5.75 Å². The number of carbonyl (C=O) groups excluding carboxylic acids is 1. The molecule has 0 bridgehead atoms. The minimum absolute atomic E-state index is 0.251. The number of benzene rings is 2. The number of nitrogens with zero attached hydrogens (tertiary/aromatic N) is 2. The largest absolute Gasteiger partial charge is 0.497 e. The molecule has 5 nitrogen and oxygen atoms in total. The third-order valence-corrected chi connectivity index (χ3v) is 4.36. The maximum atomic E-state index is 12.1. The summed E-state index contributed by atoms with van der Waals surface area (Å²) in [5.41, 5.74) is 1.53. The number of amides is 1. The summed E-state index contributed by atoms with van der Waals surface area (Å²) >= 11 is 7.11. The van der Waals surface area contributed by atoms with E-state index < -0.39 is 0 Å². The molecular formula is C18H14ClN3O2S. The van der Waals surface area contributed by atoms with Gasteiger partial charge in [0.1, 0.15) is 10.8 Å². The van der Waals surface area contributed by atoms with Crippen molar-refractivity contribution >= 4 is 46.1 Å². The first-order valence-electron chi connectivity index (χ1n) is 7.36. The van der Waals surface area contributed by atoms with Gasteiger partial charge < -0.3 is 4.74 Å². The van der Waals surface area contributed by atoms with Gasteiger partial charge in [0.05, 0.1) is 7.11 Å². The van der Waals surface area contributed by atoms with Crippen LogP contribution in [0.15, 0.2) is 48.5 Å². The molecule has 7 heteroatoms. The van der Waals surface area contributed by atoms with Crippen LogP contribution in [-0.4, -0.2) is 23.2 Å². The molecule has 25 heavy (non-hydrogen) atoms. The van der Waals surface area contributed by atoms with Gasteiger partial charge in [-0.1, -0.05) is 41.1 Å². The topological polar surface area (TPSA) is 64.1 Å². The second-order valence-electron chi connectivity index (χ2n) is 5.01. The van der Waals surface area contributed by atoms with E-state index in [1.165, 1.54) is 11.3 Å². The zero-order chi connectivity index (χ0) is 17.6. The zero-order valence-corrected chi connectivity index (χ0v) is 14.8. The highest BCUT2D eigenvalue weighted by Crippen LogP contribution is 2.20. The van der Waals surface area contributed by atoms with Gasteiger partial charge in [-0.25, -0.2) is 0 Å². The van der Waals surface area contributed by atoms with Crippen molar-refractivity contribution in [3.05, 3.63) is 69.7 Å². The first-order chi connectivity index (χ1) is 12.1. The van der Waals surface area contributed by atoms with Crippen molar-refractivity contribution in [2.24, 2.45) is 0 Å². The molecular weight excluding hydrogens is 358 g/mol. The number of nitrogens with one attached hydrogen (secondary N) is 1. The van der Waals surface area contributed by atoms with Crippen LogP contribution in [0, 0.1) is 0 Å². The van der Waals surface area contributed by atoms with E-state index in [0.717, 1.165) is 11.3 Å². The van der Waals surface area contributed by atoms with Crippen molar-refractivity contribution in [1.82, 2.24) is 10.2 Å². The van der Waals surface area contributed by atoms with E-state index in [-0.39, 0.29) is 5.91 Å². The Hall–Kier alpha value is -2.70. The molecule has 3 rings (SSSR count). The summed E-state index contributed by atoms with van der Waals surface area (Å²) in [5.74, 6) is 0.554. The lowest BCUT2D eigenvalue weighted by molar-refractivity contribution is 0.102. The maximum absolute atomic E-state index is 12.1. The van der Waals surface area contributed by atoms with Crippen molar-refractivity contribution in [3.63, 3.8) is 0 Å². The number of anilines is 1. The van der Waals surface area contributed by atoms with Crippen molar-refractivity contribution in [2.45, 2.75) is 0 Å². The third kappa shape index (κ3) is 4.65. The van der Waals surface area contributed by atoms with Gasteiger partial charge in [0.2, 0.25) is 5.13 Å². The number of aromatic nitrogens is 2. The number of carbonyl (C=O) groups is 1. The SMILES string of the molecule is COc1ccc(C=Cc2nnc(NC(=O)c3ccc(Cl)cc3)s2)cc1. The van der Waals surface area contributed by atoms with Gasteiger partial charge in [-0.05, 0) is 48.0 Å². The summed E-state index contributed by atoms with van der Waals surface area (Å²) in [7, 11) is 1.63. The highest BCUT2D eigenvalue weighted by Gasteiger charge is 2.09. The molecule has 0 aliphatic rings. The zero-order valence-electron chi connectivity index (χ0n) is 13.3. The van der Waals surface area contributed by atoms with E-state index in [1.807, 2.05) is 36.4 Å². The number of ether oxygens (including phenoxy) is 1. The van der Waals surface area contributed by atoms with E-state index in [9.17, 15) is 4.79 Å².